The number of alkyl halides is 3. The Morgan fingerprint density at radius 2 is 1.58 bits per heavy atom. The van der Waals surface area contributed by atoms with Gasteiger partial charge in [0.15, 0.2) is 5.72 Å². The molecule has 3 aliphatic heterocycles. The summed E-state index contributed by atoms with van der Waals surface area (Å²) < 4.78 is 46.0. The van der Waals surface area contributed by atoms with Gasteiger partial charge >= 0.3 is 6.18 Å². The molecule has 0 aromatic heterocycles. The van der Waals surface area contributed by atoms with Gasteiger partial charge in [0.05, 0.1) is 12.2 Å². The molecular formula is C29H26F3N3O3. The standard InChI is InChI=1S/C29H26F3N3O3/c30-29(31,32)21-9-6-10-22(19-21)33-13-15-34(16-14-33)27(37)25-23-11-4-5-12-24(23)26(36)35-17-18-38-28(25,35)20-7-2-1-3-8-20/h1-12,19,25H,13-18H2/t25-,28+/m1/s1. The highest BCUT2D eigenvalue weighted by atomic mass is 19.4. The summed E-state index contributed by atoms with van der Waals surface area (Å²) in [6, 6.07) is 21.8. The molecule has 0 saturated carbocycles. The van der Waals surface area contributed by atoms with Crippen LogP contribution < -0.4 is 4.90 Å². The van der Waals surface area contributed by atoms with E-state index in [0.29, 0.717) is 56.1 Å². The molecule has 9 heteroatoms. The molecule has 3 aliphatic rings. The van der Waals surface area contributed by atoms with Crippen LogP contribution in [-0.4, -0.2) is 60.9 Å². The minimum Gasteiger partial charge on any atom is -0.368 e. The summed E-state index contributed by atoms with van der Waals surface area (Å²) in [6.07, 6.45) is -4.42. The second kappa shape index (κ2) is 9.16. The summed E-state index contributed by atoms with van der Waals surface area (Å²) in [5.41, 5.74) is 0.380. The maximum absolute atomic E-state index is 14.3. The highest BCUT2D eigenvalue weighted by Crippen LogP contribution is 2.51. The third-order valence-electron chi connectivity index (χ3n) is 7.74. The summed E-state index contributed by atoms with van der Waals surface area (Å²) >= 11 is 0. The van der Waals surface area contributed by atoms with Gasteiger partial charge in [0.1, 0.15) is 5.92 Å². The van der Waals surface area contributed by atoms with Gasteiger partial charge in [-0.3, -0.25) is 9.59 Å². The molecular weight excluding hydrogens is 495 g/mol. The molecule has 0 spiro atoms. The lowest BCUT2D eigenvalue weighted by molar-refractivity contribution is -0.152. The number of halogens is 3. The first kappa shape index (κ1) is 24.5. The summed E-state index contributed by atoms with van der Waals surface area (Å²) in [4.78, 5) is 33.1. The van der Waals surface area contributed by atoms with E-state index in [1.807, 2.05) is 47.4 Å². The molecule has 2 saturated heterocycles. The number of amides is 2. The van der Waals surface area contributed by atoms with Crippen LogP contribution in [0.2, 0.25) is 0 Å². The highest BCUT2D eigenvalue weighted by molar-refractivity contribution is 6.02. The molecule has 0 bridgehead atoms. The average molecular weight is 522 g/mol. The van der Waals surface area contributed by atoms with E-state index in [2.05, 4.69) is 0 Å². The van der Waals surface area contributed by atoms with E-state index in [9.17, 15) is 22.8 Å². The van der Waals surface area contributed by atoms with E-state index in [4.69, 9.17) is 4.74 Å². The zero-order valence-electron chi connectivity index (χ0n) is 20.5. The molecule has 38 heavy (non-hydrogen) atoms. The molecule has 6 nitrogen and oxygen atoms in total. The fourth-order valence-corrected chi connectivity index (χ4v) is 5.96. The van der Waals surface area contributed by atoms with Gasteiger partial charge in [-0.05, 0) is 29.8 Å². The number of rotatable bonds is 3. The summed E-state index contributed by atoms with van der Waals surface area (Å²) in [5, 5.41) is 0. The molecule has 0 aliphatic carbocycles. The Bertz CT molecular complexity index is 1370. The van der Waals surface area contributed by atoms with Crippen molar-refractivity contribution in [2.75, 3.05) is 44.2 Å². The molecule has 0 N–H and O–H groups in total. The topological polar surface area (TPSA) is 53.1 Å². The van der Waals surface area contributed by atoms with Crippen LogP contribution in [0, 0.1) is 0 Å². The number of carbonyl (C=O) groups excluding carboxylic acids is 2. The van der Waals surface area contributed by atoms with Gasteiger partial charge in [0.25, 0.3) is 5.91 Å². The van der Waals surface area contributed by atoms with Gasteiger partial charge in [0.2, 0.25) is 5.91 Å². The van der Waals surface area contributed by atoms with Crippen LogP contribution in [-0.2, 0) is 21.4 Å². The van der Waals surface area contributed by atoms with Gasteiger partial charge < -0.3 is 19.4 Å². The fraction of sp³-hybridized carbons (Fsp3) is 0.310. The second-order valence-electron chi connectivity index (χ2n) is 9.75. The molecule has 196 valence electrons. The number of fused-ring (bicyclic) bond motifs is 2. The van der Waals surface area contributed by atoms with Crippen molar-refractivity contribution < 1.29 is 27.5 Å². The monoisotopic (exact) mass is 521 g/mol. The molecule has 0 unspecified atom stereocenters. The third kappa shape index (κ3) is 3.84. The molecule has 3 heterocycles. The molecule has 2 amide bonds. The first-order valence-corrected chi connectivity index (χ1v) is 12.6. The lowest BCUT2D eigenvalue weighted by Gasteiger charge is -2.48. The van der Waals surface area contributed by atoms with E-state index in [-0.39, 0.29) is 11.8 Å². The van der Waals surface area contributed by atoms with Crippen molar-refractivity contribution in [2.24, 2.45) is 0 Å². The maximum atomic E-state index is 14.3. The van der Waals surface area contributed by atoms with Gasteiger partial charge in [-0.25, -0.2) is 0 Å². The van der Waals surface area contributed by atoms with Crippen molar-refractivity contribution >= 4 is 17.5 Å². The van der Waals surface area contributed by atoms with Gasteiger partial charge in [-0.1, -0.05) is 54.6 Å². The second-order valence-corrected chi connectivity index (χ2v) is 9.75. The van der Waals surface area contributed by atoms with E-state index < -0.39 is 23.4 Å². The Morgan fingerprint density at radius 1 is 0.868 bits per heavy atom. The zero-order valence-corrected chi connectivity index (χ0v) is 20.5. The predicted molar refractivity (Wildman–Crippen MR) is 135 cm³/mol. The van der Waals surface area contributed by atoms with Crippen LogP contribution in [0.1, 0.15) is 33.0 Å². The lowest BCUT2D eigenvalue weighted by Crippen LogP contribution is -2.59. The van der Waals surface area contributed by atoms with Crippen molar-refractivity contribution in [3.8, 4) is 0 Å². The van der Waals surface area contributed by atoms with E-state index >= 15 is 0 Å². The summed E-state index contributed by atoms with van der Waals surface area (Å²) in [6.45, 7) is 2.14. The molecule has 6 rings (SSSR count). The van der Waals surface area contributed by atoms with Crippen molar-refractivity contribution in [1.29, 1.82) is 0 Å². The number of hydrogen-bond donors (Lipinski definition) is 0. The van der Waals surface area contributed by atoms with Crippen LogP contribution in [0.25, 0.3) is 0 Å². The Morgan fingerprint density at radius 3 is 2.32 bits per heavy atom. The largest absolute Gasteiger partial charge is 0.416 e. The number of ether oxygens (including phenoxy) is 1. The molecule has 2 fully saturated rings. The molecule has 0 radical (unpaired) electrons. The van der Waals surface area contributed by atoms with Crippen molar-refractivity contribution in [1.82, 2.24) is 9.80 Å². The lowest BCUT2D eigenvalue weighted by atomic mass is 9.76. The first-order valence-electron chi connectivity index (χ1n) is 12.6. The van der Waals surface area contributed by atoms with E-state index in [0.717, 1.165) is 17.7 Å². The molecule has 3 aromatic carbocycles. The number of piperazine rings is 1. The van der Waals surface area contributed by atoms with Crippen LogP contribution in [0.4, 0.5) is 18.9 Å². The summed E-state index contributed by atoms with van der Waals surface area (Å²) in [5.74, 6) is -1.11. The number of benzene rings is 3. The molecule has 2 atom stereocenters. The summed E-state index contributed by atoms with van der Waals surface area (Å²) in [7, 11) is 0. The SMILES string of the molecule is O=C([C@H]1c2ccccc2C(=O)N2CCO[C@@]12c1ccccc1)N1CCN(c2cccc(C(F)(F)F)c2)CC1. The van der Waals surface area contributed by atoms with Crippen LogP contribution in [0.3, 0.4) is 0 Å². The van der Waals surface area contributed by atoms with Crippen molar-refractivity contribution in [2.45, 2.75) is 17.8 Å². The van der Waals surface area contributed by atoms with E-state index in [1.54, 1.807) is 28.0 Å². The number of anilines is 1. The van der Waals surface area contributed by atoms with E-state index in [1.165, 1.54) is 6.07 Å². The number of carbonyl (C=O) groups is 2. The van der Waals surface area contributed by atoms with Gasteiger partial charge in [-0.2, -0.15) is 13.2 Å². The smallest absolute Gasteiger partial charge is 0.368 e. The minimum atomic E-state index is -4.42. The zero-order chi connectivity index (χ0) is 26.5. The van der Waals surface area contributed by atoms with Gasteiger partial charge in [-0.15, -0.1) is 0 Å². The van der Waals surface area contributed by atoms with Crippen molar-refractivity contribution in [3.05, 3.63) is 101 Å². The quantitative estimate of drug-likeness (QED) is 0.510. The van der Waals surface area contributed by atoms with Crippen molar-refractivity contribution in [3.63, 3.8) is 0 Å². The Labute approximate surface area is 218 Å². The number of hydrogen-bond acceptors (Lipinski definition) is 4. The normalized spacial score (nSPS) is 23.3. The van der Waals surface area contributed by atoms with Crippen LogP contribution >= 0.6 is 0 Å². The fourth-order valence-electron chi connectivity index (χ4n) is 5.96. The van der Waals surface area contributed by atoms with Crippen LogP contribution in [0.15, 0.2) is 78.9 Å². The minimum absolute atomic E-state index is 0.163. The highest BCUT2D eigenvalue weighted by Gasteiger charge is 2.60. The average Bonchev–Trinajstić information content (AvgIpc) is 3.40. The predicted octanol–water partition coefficient (Wildman–Crippen LogP) is 4.48. The molecule has 3 aromatic rings. The maximum Gasteiger partial charge on any atom is 0.416 e. The first-order chi connectivity index (χ1) is 18.3. The Kier molecular flexibility index (Phi) is 5.90. The Balaban J connectivity index is 1.33. The number of nitrogens with zero attached hydrogens (tertiary/aromatic N) is 3. The third-order valence-corrected chi connectivity index (χ3v) is 7.74. The van der Waals surface area contributed by atoms with Gasteiger partial charge in [0, 0.05) is 49.5 Å². The van der Waals surface area contributed by atoms with Crippen LogP contribution in [0.5, 0.6) is 0 Å². The Hall–Kier alpha value is -3.85.